The van der Waals surface area contributed by atoms with Crippen molar-refractivity contribution in [3.63, 3.8) is 0 Å². The van der Waals surface area contributed by atoms with Crippen LogP contribution in [-0.2, 0) is 9.59 Å². The van der Waals surface area contributed by atoms with Crippen molar-refractivity contribution in [3.05, 3.63) is 0 Å². The number of guanidine groups is 2. The van der Waals surface area contributed by atoms with Gasteiger partial charge in [-0.15, -0.1) is 0 Å². The maximum Gasteiger partial charge on any atom is 2.00 e. The second kappa shape index (κ2) is 17.0. The molecule has 0 bridgehead atoms. The van der Waals surface area contributed by atoms with Crippen LogP contribution in [0.2, 0.25) is 0 Å². The first-order chi connectivity index (χ1) is 11.1. The maximum atomic E-state index is 10.1. The Kier molecular flexibility index (Phi) is 19.0. The average Bonchev–Trinajstić information content (AvgIpc) is 2.47. The van der Waals surface area contributed by atoms with Gasteiger partial charge in [-0.2, -0.15) is 0 Å². The number of rotatable bonds is 10. The number of aliphatic carboxylic acids is 2. The molecular weight excluding hydrogens is 344 g/mol. The molecule has 0 aliphatic carbocycles. The fourth-order valence-electron chi connectivity index (χ4n) is 1.27. The first kappa shape index (κ1) is 28.0. The Morgan fingerprint density at radius 1 is 0.760 bits per heavy atom. The second-order valence-corrected chi connectivity index (χ2v) is 4.75. The molecule has 0 aliphatic rings. The summed E-state index contributed by atoms with van der Waals surface area (Å²) in [4.78, 5) is 27.5. The Bertz CT molecular complexity index is 399. The van der Waals surface area contributed by atoms with Gasteiger partial charge in [-0.3, -0.25) is 9.98 Å². The molecule has 12 N–H and O–H groups in total. The van der Waals surface area contributed by atoms with Crippen LogP contribution in [0.5, 0.6) is 0 Å². The van der Waals surface area contributed by atoms with E-state index in [4.69, 9.17) is 34.4 Å². The van der Waals surface area contributed by atoms with Crippen LogP contribution in [0.15, 0.2) is 9.98 Å². The van der Waals surface area contributed by atoms with E-state index in [2.05, 4.69) is 9.98 Å². The van der Waals surface area contributed by atoms with E-state index < -0.39 is 24.0 Å². The Morgan fingerprint density at radius 3 is 1.24 bits per heavy atom. The summed E-state index contributed by atoms with van der Waals surface area (Å²) in [7, 11) is 0. The third-order valence-electron chi connectivity index (χ3n) is 2.54. The fourth-order valence-corrected chi connectivity index (χ4v) is 1.27. The van der Waals surface area contributed by atoms with E-state index in [1.807, 2.05) is 0 Å². The van der Waals surface area contributed by atoms with Gasteiger partial charge in [0.2, 0.25) is 0 Å². The van der Waals surface area contributed by atoms with Crippen molar-refractivity contribution in [2.45, 2.75) is 37.8 Å². The zero-order valence-electron chi connectivity index (χ0n) is 14.1. The van der Waals surface area contributed by atoms with Crippen LogP contribution in [0, 0.1) is 0 Å². The minimum absolute atomic E-state index is 0. The maximum absolute atomic E-state index is 10.1. The molecule has 0 fully saturated rings. The molecule has 0 saturated carbocycles. The number of nitrogens with two attached hydrogens (primary N) is 6. The van der Waals surface area contributed by atoms with Gasteiger partial charge in [0.1, 0.15) is 0 Å². The molecule has 12 nitrogen and oxygen atoms in total. The minimum atomic E-state index is -1.25. The average molecular weight is 371 g/mol. The van der Waals surface area contributed by atoms with Crippen molar-refractivity contribution in [1.82, 2.24) is 0 Å². The van der Waals surface area contributed by atoms with Crippen molar-refractivity contribution in [2.24, 2.45) is 44.4 Å². The summed E-state index contributed by atoms with van der Waals surface area (Å²) in [5.74, 6) is -2.51. The smallest absolute Gasteiger partial charge is 0.548 e. The Hall–Kier alpha value is -1.83. The molecule has 0 rings (SSSR count). The summed E-state index contributed by atoms with van der Waals surface area (Å²) in [6, 6.07) is -1.86. The number of carboxylic acid groups (broad SMARTS) is 2. The molecule has 0 aromatic heterocycles. The van der Waals surface area contributed by atoms with Gasteiger partial charge in [-0.25, -0.2) is 0 Å². The second-order valence-electron chi connectivity index (χ2n) is 4.75. The third-order valence-corrected chi connectivity index (χ3v) is 2.54. The molecule has 0 spiro atoms. The first-order valence-corrected chi connectivity index (χ1v) is 7.11. The van der Waals surface area contributed by atoms with Crippen LogP contribution < -0.4 is 44.6 Å². The Labute approximate surface area is 162 Å². The molecule has 25 heavy (non-hydrogen) atoms. The molecule has 0 aromatic rings. The molecule has 0 aliphatic heterocycles. The number of nitrogens with zero attached hydrogens (tertiary/aromatic N) is 2. The first-order valence-electron chi connectivity index (χ1n) is 7.11. The predicted octanol–water partition coefficient (Wildman–Crippen LogP) is -6.15. The topological polar surface area (TPSA) is 261 Å². The van der Waals surface area contributed by atoms with Gasteiger partial charge in [-0.1, -0.05) is 0 Å². The van der Waals surface area contributed by atoms with Gasteiger partial charge in [0.15, 0.2) is 11.9 Å². The zero-order valence-corrected chi connectivity index (χ0v) is 15.5. The summed E-state index contributed by atoms with van der Waals surface area (Å²) < 4.78 is 0. The summed E-state index contributed by atoms with van der Waals surface area (Å²) in [5.41, 5.74) is 30.5. The van der Waals surface area contributed by atoms with E-state index in [9.17, 15) is 19.8 Å². The summed E-state index contributed by atoms with van der Waals surface area (Å²) in [6.45, 7) is 0.784. The number of hydrogen-bond acceptors (Lipinski definition) is 8. The number of carbonyl (C=O) groups is 2. The molecular formula is C12H26MgN8O4. The van der Waals surface area contributed by atoms with Crippen molar-refractivity contribution < 1.29 is 19.8 Å². The predicted molar refractivity (Wildman–Crippen MR) is 91.5 cm³/mol. The van der Waals surface area contributed by atoms with Gasteiger partial charge < -0.3 is 54.2 Å². The fraction of sp³-hybridized carbons (Fsp3) is 0.667. The summed E-state index contributed by atoms with van der Waals surface area (Å²) in [6.07, 6.45) is 1.71. The van der Waals surface area contributed by atoms with Gasteiger partial charge >= 0.3 is 23.1 Å². The van der Waals surface area contributed by atoms with E-state index in [1.165, 1.54) is 0 Å². The standard InChI is InChI=1S/2C6H14N4O2.Mg/c2*7-4(5(11)12)2-1-3-10-6(8)9;/h2*4H,1-3,7H2,(H,11,12)(H4,8,9,10);/q;;+2/p-2/t2*4-;/m00./s1. The molecule has 0 radical (unpaired) electrons. The number of aliphatic imine (C=N–C) groups is 2. The number of carbonyl (C=O) groups excluding carboxylic acids is 2. The van der Waals surface area contributed by atoms with Gasteiger partial charge in [0.25, 0.3) is 0 Å². The molecule has 0 saturated heterocycles. The van der Waals surface area contributed by atoms with Crippen molar-refractivity contribution >= 4 is 46.9 Å². The zero-order chi connectivity index (χ0) is 19.1. The van der Waals surface area contributed by atoms with Crippen LogP contribution in [0.4, 0.5) is 0 Å². The van der Waals surface area contributed by atoms with Gasteiger partial charge in [0.05, 0.1) is 11.9 Å². The minimum Gasteiger partial charge on any atom is -0.548 e. The van der Waals surface area contributed by atoms with Gasteiger partial charge in [-0.05, 0) is 25.7 Å². The molecule has 0 amide bonds. The van der Waals surface area contributed by atoms with E-state index >= 15 is 0 Å². The number of carboxylic acids is 2. The molecule has 0 heterocycles. The van der Waals surface area contributed by atoms with Crippen molar-refractivity contribution in [1.29, 1.82) is 0 Å². The van der Waals surface area contributed by atoms with Gasteiger partial charge in [0, 0.05) is 25.2 Å². The van der Waals surface area contributed by atoms with Crippen LogP contribution in [0.3, 0.4) is 0 Å². The van der Waals surface area contributed by atoms with E-state index in [1.54, 1.807) is 0 Å². The van der Waals surface area contributed by atoms with Crippen molar-refractivity contribution in [3.8, 4) is 0 Å². The van der Waals surface area contributed by atoms with Crippen LogP contribution in [0.1, 0.15) is 25.7 Å². The number of hydrogen-bond donors (Lipinski definition) is 6. The van der Waals surface area contributed by atoms with Crippen LogP contribution in [-0.4, -0.2) is 72.1 Å². The van der Waals surface area contributed by atoms with Crippen molar-refractivity contribution in [2.75, 3.05) is 13.1 Å². The molecule has 0 unspecified atom stereocenters. The van der Waals surface area contributed by atoms with E-state index in [0.717, 1.165) is 0 Å². The molecule has 140 valence electrons. The normalized spacial score (nSPS) is 11.6. The van der Waals surface area contributed by atoms with Crippen LogP contribution >= 0.6 is 0 Å². The monoisotopic (exact) mass is 370 g/mol. The van der Waals surface area contributed by atoms with Crippen LogP contribution in [0.25, 0.3) is 0 Å². The SMILES string of the molecule is NC(N)=NCCC[C@H](N)C(=O)[O-].NC(N)=NCCC[C@H](N)C(=O)[O-].[Mg+2]. The largest absolute Gasteiger partial charge is 2.00 e. The Balaban J connectivity index is -0.000000372. The quantitative estimate of drug-likeness (QED) is 0.0915. The van der Waals surface area contributed by atoms with E-state index in [0.29, 0.717) is 38.8 Å². The molecule has 2 atom stereocenters. The summed E-state index contributed by atoms with van der Waals surface area (Å²) in [5, 5.41) is 20.2. The Morgan fingerprint density at radius 2 is 1.04 bits per heavy atom. The molecule has 13 heteroatoms. The molecule has 0 aromatic carbocycles. The van der Waals surface area contributed by atoms with E-state index in [-0.39, 0.29) is 35.0 Å². The summed E-state index contributed by atoms with van der Waals surface area (Å²) >= 11 is 0. The third kappa shape index (κ3) is 22.2.